The van der Waals surface area contributed by atoms with Gasteiger partial charge >= 0.3 is 0 Å². The number of aromatic nitrogens is 2. The molecule has 0 aliphatic heterocycles. The molecule has 2 rings (SSSR count). The Balaban J connectivity index is 2.24. The predicted molar refractivity (Wildman–Crippen MR) is 86.6 cm³/mol. The summed E-state index contributed by atoms with van der Waals surface area (Å²) in [5.41, 5.74) is 2.31. The van der Waals surface area contributed by atoms with Gasteiger partial charge in [-0.15, -0.1) is 0 Å². The molecule has 1 aromatic rings. The van der Waals surface area contributed by atoms with Crippen LogP contribution in [0.3, 0.4) is 0 Å². The molecule has 2 unspecified atom stereocenters. The van der Waals surface area contributed by atoms with Crippen LogP contribution in [0.2, 0.25) is 0 Å². The van der Waals surface area contributed by atoms with Gasteiger partial charge in [-0.2, -0.15) is 5.10 Å². The molecule has 120 valence electrons. The van der Waals surface area contributed by atoms with Crippen molar-refractivity contribution in [2.75, 3.05) is 11.9 Å². The Morgan fingerprint density at radius 2 is 2.05 bits per heavy atom. The number of hydrogen-bond donors (Lipinski definition) is 2. The molecule has 2 atom stereocenters. The molecule has 0 aromatic carbocycles. The molecule has 21 heavy (non-hydrogen) atoms. The van der Waals surface area contributed by atoms with Gasteiger partial charge in [0.15, 0.2) is 0 Å². The second-order valence-corrected chi connectivity index (χ2v) is 6.58. The standard InChI is InChI=1S/C16H30N4O/c1-11(2)17-10-13-12(3)18-20(5)16(13)19(4)14-8-6-7-9-15(14)21/h11,14-15,17,21H,6-10H2,1-5H3. The molecule has 1 aliphatic carbocycles. The smallest absolute Gasteiger partial charge is 0.131 e. The molecule has 1 fully saturated rings. The number of rotatable bonds is 5. The molecule has 0 spiro atoms. The first-order valence-electron chi connectivity index (χ1n) is 8.08. The Hall–Kier alpha value is -1.07. The van der Waals surface area contributed by atoms with E-state index in [0.717, 1.165) is 37.3 Å². The van der Waals surface area contributed by atoms with E-state index < -0.39 is 0 Å². The summed E-state index contributed by atoms with van der Waals surface area (Å²) in [5.74, 6) is 1.13. The lowest BCUT2D eigenvalue weighted by Gasteiger charge is -2.37. The van der Waals surface area contributed by atoms with E-state index in [0.29, 0.717) is 6.04 Å². The Morgan fingerprint density at radius 1 is 1.38 bits per heavy atom. The molecule has 5 nitrogen and oxygen atoms in total. The Bertz CT molecular complexity index is 469. The molecule has 0 bridgehead atoms. The third-order valence-electron chi connectivity index (χ3n) is 4.53. The summed E-state index contributed by atoms with van der Waals surface area (Å²) in [4.78, 5) is 2.24. The van der Waals surface area contributed by atoms with Gasteiger partial charge in [0.25, 0.3) is 0 Å². The Morgan fingerprint density at radius 3 is 2.67 bits per heavy atom. The molecule has 1 heterocycles. The zero-order valence-electron chi connectivity index (χ0n) is 14.1. The highest BCUT2D eigenvalue weighted by molar-refractivity contribution is 5.50. The average molecular weight is 294 g/mol. The molecular weight excluding hydrogens is 264 g/mol. The summed E-state index contributed by atoms with van der Waals surface area (Å²) in [6, 6.07) is 0.648. The lowest BCUT2D eigenvalue weighted by molar-refractivity contribution is 0.105. The number of nitrogens with zero attached hydrogens (tertiary/aromatic N) is 3. The van der Waals surface area contributed by atoms with Crippen molar-refractivity contribution in [1.29, 1.82) is 0 Å². The van der Waals surface area contributed by atoms with Crippen molar-refractivity contribution in [2.45, 2.75) is 71.2 Å². The number of anilines is 1. The lowest BCUT2D eigenvalue weighted by Crippen LogP contribution is -2.44. The van der Waals surface area contributed by atoms with Crippen LogP contribution in [0, 0.1) is 6.92 Å². The van der Waals surface area contributed by atoms with Gasteiger partial charge in [-0.3, -0.25) is 4.68 Å². The minimum absolute atomic E-state index is 0.200. The maximum Gasteiger partial charge on any atom is 0.131 e. The predicted octanol–water partition coefficient (Wildman–Crippen LogP) is 1.97. The first kappa shape index (κ1) is 16.3. The summed E-state index contributed by atoms with van der Waals surface area (Å²) in [6.07, 6.45) is 4.06. The first-order valence-corrected chi connectivity index (χ1v) is 8.08. The lowest BCUT2D eigenvalue weighted by atomic mass is 9.91. The highest BCUT2D eigenvalue weighted by Gasteiger charge is 2.30. The third-order valence-corrected chi connectivity index (χ3v) is 4.53. The minimum Gasteiger partial charge on any atom is -0.391 e. The van der Waals surface area contributed by atoms with Gasteiger partial charge in [0.1, 0.15) is 5.82 Å². The SMILES string of the molecule is Cc1nn(C)c(N(C)C2CCCCC2O)c1CNC(C)C. The number of nitrogens with one attached hydrogen (secondary N) is 1. The summed E-state index contributed by atoms with van der Waals surface area (Å²) in [5, 5.41) is 18.4. The normalized spacial score (nSPS) is 22.8. The van der Waals surface area contributed by atoms with Crippen molar-refractivity contribution in [3.63, 3.8) is 0 Å². The van der Waals surface area contributed by atoms with Crippen molar-refractivity contribution < 1.29 is 5.11 Å². The largest absolute Gasteiger partial charge is 0.391 e. The fourth-order valence-electron chi connectivity index (χ4n) is 3.34. The van der Waals surface area contributed by atoms with Gasteiger partial charge in [-0.1, -0.05) is 26.7 Å². The van der Waals surface area contributed by atoms with E-state index in [1.165, 1.54) is 12.0 Å². The maximum atomic E-state index is 10.3. The monoisotopic (exact) mass is 294 g/mol. The molecule has 0 saturated heterocycles. The zero-order chi connectivity index (χ0) is 15.6. The van der Waals surface area contributed by atoms with Crippen LogP contribution in [0.5, 0.6) is 0 Å². The van der Waals surface area contributed by atoms with Crippen molar-refractivity contribution in [3.8, 4) is 0 Å². The van der Waals surface area contributed by atoms with Crippen molar-refractivity contribution >= 4 is 5.82 Å². The van der Waals surface area contributed by atoms with Crippen LogP contribution in [0.25, 0.3) is 0 Å². The van der Waals surface area contributed by atoms with Crippen LogP contribution in [0.15, 0.2) is 0 Å². The molecular formula is C16H30N4O. The van der Waals surface area contributed by atoms with Gasteiger partial charge in [-0.25, -0.2) is 0 Å². The average Bonchev–Trinajstić information content (AvgIpc) is 2.70. The highest BCUT2D eigenvalue weighted by atomic mass is 16.3. The number of aliphatic hydroxyl groups excluding tert-OH is 1. The van der Waals surface area contributed by atoms with E-state index in [1.807, 2.05) is 11.7 Å². The Kier molecular flexibility index (Phi) is 5.27. The molecule has 5 heteroatoms. The Labute approximate surface area is 128 Å². The van der Waals surface area contributed by atoms with E-state index in [1.54, 1.807) is 0 Å². The summed E-state index contributed by atoms with van der Waals surface area (Å²) >= 11 is 0. The summed E-state index contributed by atoms with van der Waals surface area (Å²) < 4.78 is 1.95. The fraction of sp³-hybridized carbons (Fsp3) is 0.812. The van der Waals surface area contributed by atoms with Crippen LogP contribution >= 0.6 is 0 Å². The van der Waals surface area contributed by atoms with Crippen LogP contribution in [-0.4, -0.2) is 40.1 Å². The number of aryl methyl sites for hydroxylation is 2. The van der Waals surface area contributed by atoms with Gasteiger partial charge in [0, 0.05) is 32.2 Å². The minimum atomic E-state index is -0.232. The number of aliphatic hydroxyl groups is 1. The second-order valence-electron chi connectivity index (χ2n) is 6.58. The maximum absolute atomic E-state index is 10.3. The van der Waals surface area contributed by atoms with Crippen molar-refractivity contribution in [3.05, 3.63) is 11.3 Å². The first-order chi connectivity index (χ1) is 9.91. The van der Waals surface area contributed by atoms with Gasteiger partial charge in [0.05, 0.1) is 17.8 Å². The number of likely N-dealkylation sites (N-methyl/N-ethyl adjacent to an activating group) is 1. The topological polar surface area (TPSA) is 53.3 Å². The summed E-state index contributed by atoms with van der Waals surface area (Å²) in [7, 11) is 4.08. The van der Waals surface area contributed by atoms with Gasteiger partial charge in [-0.05, 0) is 19.8 Å². The van der Waals surface area contributed by atoms with E-state index in [9.17, 15) is 5.11 Å². The van der Waals surface area contributed by atoms with Gasteiger partial charge < -0.3 is 15.3 Å². The van der Waals surface area contributed by atoms with E-state index >= 15 is 0 Å². The van der Waals surface area contributed by atoms with Crippen LogP contribution < -0.4 is 10.2 Å². The van der Waals surface area contributed by atoms with E-state index in [2.05, 4.69) is 43.1 Å². The second kappa shape index (κ2) is 6.79. The third kappa shape index (κ3) is 3.58. The number of hydrogen-bond acceptors (Lipinski definition) is 4. The van der Waals surface area contributed by atoms with Crippen LogP contribution in [0.4, 0.5) is 5.82 Å². The van der Waals surface area contributed by atoms with Crippen LogP contribution in [0.1, 0.15) is 50.8 Å². The fourth-order valence-corrected chi connectivity index (χ4v) is 3.34. The van der Waals surface area contributed by atoms with Gasteiger partial charge in [0.2, 0.25) is 0 Å². The van der Waals surface area contributed by atoms with Crippen molar-refractivity contribution in [1.82, 2.24) is 15.1 Å². The van der Waals surface area contributed by atoms with E-state index in [4.69, 9.17) is 0 Å². The molecule has 0 radical (unpaired) electrons. The molecule has 1 aromatic heterocycles. The molecule has 0 amide bonds. The summed E-state index contributed by atoms with van der Waals surface area (Å²) in [6.45, 7) is 7.19. The quantitative estimate of drug-likeness (QED) is 0.872. The van der Waals surface area contributed by atoms with Crippen molar-refractivity contribution in [2.24, 2.45) is 7.05 Å². The van der Waals surface area contributed by atoms with Crippen LogP contribution in [-0.2, 0) is 13.6 Å². The van der Waals surface area contributed by atoms with E-state index in [-0.39, 0.29) is 12.1 Å². The molecule has 2 N–H and O–H groups in total. The highest BCUT2D eigenvalue weighted by Crippen LogP contribution is 2.30. The molecule has 1 aliphatic rings. The molecule has 1 saturated carbocycles. The zero-order valence-corrected chi connectivity index (χ0v) is 14.1.